The van der Waals surface area contributed by atoms with Crippen molar-refractivity contribution in [3.05, 3.63) is 59.7 Å². The van der Waals surface area contributed by atoms with Gasteiger partial charge in [0.15, 0.2) is 0 Å². The maximum absolute atomic E-state index is 11.0. The third kappa shape index (κ3) is 11.5. The van der Waals surface area contributed by atoms with Crippen LogP contribution in [0.1, 0.15) is 45.0 Å². The minimum atomic E-state index is -0.407. The predicted octanol–water partition coefficient (Wildman–Crippen LogP) is 5.81. The van der Waals surface area contributed by atoms with Gasteiger partial charge in [-0.3, -0.25) is 20.9 Å². The highest BCUT2D eigenvalue weighted by molar-refractivity contribution is 14.1. The molecule has 0 aromatic heterocycles. The SMILES string of the molecule is CC(C)(C)NN.CC1=CC=CC(C(=O)Cl)C1(C)I.Cl.O=C(Cl)c1ccccc1. The summed E-state index contributed by atoms with van der Waals surface area (Å²) in [5, 5.41) is -0.689. The fourth-order valence-electron chi connectivity index (χ4n) is 1.76. The van der Waals surface area contributed by atoms with E-state index in [0.717, 1.165) is 0 Å². The quantitative estimate of drug-likeness (QED) is 0.157. The minimum absolute atomic E-state index is 0. The van der Waals surface area contributed by atoms with Gasteiger partial charge in [0.05, 0.1) is 9.34 Å². The van der Waals surface area contributed by atoms with Crippen molar-refractivity contribution in [2.45, 2.75) is 43.6 Å². The van der Waals surface area contributed by atoms with E-state index in [2.05, 4.69) is 28.0 Å². The predicted molar refractivity (Wildman–Crippen MR) is 131 cm³/mol. The molecule has 0 heterocycles. The van der Waals surface area contributed by atoms with E-state index < -0.39 is 5.24 Å². The van der Waals surface area contributed by atoms with Gasteiger partial charge >= 0.3 is 0 Å². The van der Waals surface area contributed by atoms with Crippen LogP contribution >= 0.6 is 58.2 Å². The first kappa shape index (κ1) is 29.8. The summed E-state index contributed by atoms with van der Waals surface area (Å²) in [6.45, 7) is 10.1. The molecule has 1 aromatic carbocycles. The molecule has 2 unspecified atom stereocenters. The molecule has 0 amide bonds. The minimum Gasteiger partial charge on any atom is -0.281 e. The molecule has 158 valence electrons. The van der Waals surface area contributed by atoms with Crippen molar-refractivity contribution < 1.29 is 9.59 Å². The normalized spacial score (nSPS) is 20.3. The van der Waals surface area contributed by atoms with Crippen molar-refractivity contribution in [2.75, 3.05) is 0 Å². The topological polar surface area (TPSA) is 72.2 Å². The lowest BCUT2D eigenvalue weighted by Gasteiger charge is -2.31. The highest BCUT2D eigenvalue weighted by Gasteiger charge is 2.36. The maximum atomic E-state index is 11.0. The molecule has 2 rings (SSSR count). The number of rotatable bonds is 2. The molecule has 0 bridgehead atoms. The zero-order valence-corrected chi connectivity index (χ0v) is 21.1. The Balaban J connectivity index is 0. The molecule has 0 fully saturated rings. The van der Waals surface area contributed by atoms with Gasteiger partial charge in [-0.1, -0.05) is 76.7 Å². The van der Waals surface area contributed by atoms with Gasteiger partial charge in [0.25, 0.3) is 5.24 Å². The van der Waals surface area contributed by atoms with Gasteiger partial charge in [0.1, 0.15) is 0 Å². The molecule has 1 aliphatic carbocycles. The Labute approximate surface area is 197 Å². The van der Waals surface area contributed by atoms with Crippen LogP contribution in [0.25, 0.3) is 0 Å². The second kappa shape index (κ2) is 13.7. The molecule has 3 N–H and O–H groups in total. The Morgan fingerprint density at radius 1 is 1.18 bits per heavy atom. The van der Waals surface area contributed by atoms with Crippen LogP contribution in [0.3, 0.4) is 0 Å². The number of carbonyl (C=O) groups is 2. The zero-order valence-electron chi connectivity index (χ0n) is 16.6. The van der Waals surface area contributed by atoms with E-state index in [1.54, 1.807) is 24.3 Å². The number of alkyl halides is 1. The lowest BCUT2D eigenvalue weighted by atomic mass is 9.85. The van der Waals surface area contributed by atoms with Gasteiger partial charge in [-0.15, -0.1) is 12.4 Å². The Bertz CT molecular complexity index is 684. The Morgan fingerprint density at radius 3 is 1.93 bits per heavy atom. The van der Waals surface area contributed by atoms with E-state index in [4.69, 9.17) is 29.0 Å². The fraction of sp³-hybridized carbons (Fsp3) is 0.400. The lowest BCUT2D eigenvalue weighted by molar-refractivity contribution is -0.114. The number of nitrogens with two attached hydrogens (primary N) is 1. The third-order valence-corrected chi connectivity index (χ3v) is 5.66. The van der Waals surface area contributed by atoms with Crippen molar-refractivity contribution >= 4 is 68.7 Å². The second-order valence-corrected chi connectivity index (χ2v) is 10.1. The molecule has 1 aliphatic rings. The van der Waals surface area contributed by atoms with Crippen LogP contribution in [-0.4, -0.2) is 19.4 Å². The van der Waals surface area contributed by atoms with Crippen molar-refractivity contribution in [3.63, 3.8) is 0 Å². The van der Waals surface area contributed by atoms with Crippen LogP contribution < -0.4 is 11.3 Å². The summed E-state index contributed by atoms with van der Waals surface area (Å²) in [6, 6.07) is 8.74. The number of hydrogen-bond acceptors (Lipinski definition) is 4. The van der Waals surface area contributed by atoms with E-state index in [1.165, 1.54) is 5.57 Å². The highest BCUT2D eigenvalue weighted by Crippen LogP contribution is 2.39. The first-order valence-corrected chi connectivity index (χ1v) is 10.1. The Kier molecular flexibility index (Phi) is 14.6. The molecule has 0 saturated heterocycles. The average Bonchev–Trinajstić information content (AvgIpc) is 2.58. The Morgan fingerprint density at radius 2 is 1.64 bits per heavy atom. The van der Waals surface area contributed by atoms with Gasteiger partial charge in [0.2, 0.25) is 5.24 Å². The average molecular weight is 562 g/mol. The van der Waals surface area contributed by atoms with Gasteiger partial charge < -0.3 is 0 Å². The van der Waals surface area contributed by atoms with Gasteiger partial charge in [-0.05, 0) is 57.8 Å². The Hall–Kier alpha value is -0.440. The molecule has 28 heavy (non-hydrogen) atoms. The van der Waals surface area contributed by atoms with Crippen molar-refractivity contribution in [3.8, 4) is 0 Å². The van der Waals surface area contributed by atoms with Gasteiger partial charge in [-0.2, -0.15) is 0 Å². The monoisotopic (exact) mass is 560 g/mol. The standard InChI is InChI=1S/C9H10ClIO.C7H5ClO.C4H12N2.ClH/c1-6-4-3-5-7(8(10)12)9(6,2)11;8-7(9)6-4-2-1-3-5-6;1-4(2,3)6-5;/h3-5,7H,1-2H3;1-5H;6H,5H2,1-3H3;1H. The highest BCUT2D eigenvalue weighted by atomic mass is 127. The molecule has 2 atom stereocenters. The van der Waals surface area contributed by atoms with E-state index in [-0.39, 0.29) is 32.5 Å². The van der Waals surface area contributed by atoms with Crippen LogP contribution in [0.5, 0.6) is 0 Å². The smallest absolute Gasteiger partial charge is 0.252 e. The van der Waals surface area contributed by atoms with Crippen LogP contribution in [0.2, 0.25) is 0 Å². The number of nitrogens with one attached hydrogen (secondary N) is 1. The molecule has 0 aliphatic heterocycles. The number of hydrogen-bond donors (Lipinski definition) is 2. The molecule has 0 radical (unpaired) electrons. The summed E-state index contributed by atoms with van der Waals surface area (Å²) in [5.74, 6) is 4.87. The molecule has 0 saturated carbocycles. The summed E-state index contributed by atoms with van der Waals surface area (Å²) in [5.41, 5.74) is 4.40. The summed E-state index contributed by atoms with van der Waals surface area (Å²) in [4.78, 5) is 21.5. The van der Waals surface area contributed by atoms with Crippen molar-refractivity contribution in [2.24, 2.45) is 11.8 Å². The molecule has 0 spiro atoms. The van der Waals surface area contributed by atoms with Crippen LogP contribution in [0.4, 0.5) is 0 Å². The number of benzene rings is 1. The van der Waals surface area contributed by atoms with Crippen molar-refractivity contribution in [1.29, 1.82) is 0 Å². The third-order valence-electron chi connectivity index (χ3n) is 3.68. The number of halogens is 4. The summed E-state index contributed by atoms with van der Waals surface area (Å²) >= 11 is 12.9. The van der Waals surface area contributed by atoms with Crippen LogP contribution in [0.15, 0.2) is 54.1 Å². The summed E-state index contributed by atoms with van der Waals surface area (Å²) in [6.07, 6.45) is 5.76. The molecule has 8 heteroatoms. The van der Waals surface area contributed by atoms with E-state index >= 15 is 0 Å². The van der Waals surface area contributed by atoms with Gasteiger partial charge in [0, 0.05) is 11.1 Å². The molecule has 1 aromatic rings. The molecular weight excluding hydrogens is 533 g/mol. The maximum Gasteiger partial charge on any atom is 0.252 e. The molecular formula is C20H28Cl3IN2O2. The van der Waals surface area contributed by atoms with Crippen LogP contribution in [-0.2, 0) is 4.79 Å². The summed E-state index contributed by atoms with van der Waals surface area (Å²) in [7, 11) is 0. The molecule has 4 nitrogen and oxygen atoms in total. The van der Waals surface area contributed by atoms with Crippen molar-refractivity contribution in [1.82, 2.24) is 5.43 Å². The fourth-order valence-corrected chi connectivity index (χ4v) is 3.03. The largest absolute Gasteiger partial charge is 0.281 e. The zero-order chi connectivity index (χ0) is 21.3. The van der Waals surface area contributed by atoms with Crippen LogP contribution in [0, 0.1) is 5.92 Å². The first-order chi connectivity index (χ1) is 12.3. The number of hydrazine groups is 1. The number of carbonyl (C=O) groups excluding carboxylic acids is 2. The van der Waals surface area contributed by atoms with Gasteiger partial charge in [-0.25, -0.2) is 0 Å². The van der Waals surface area contributed by atoms with E-state index in [1.807, 2.05) is 58.9 Å². The number of allylic oxidation sites excluding steroid dienone is 4. The van der Waals surface area contributed by atoms with E-state index in [9.17, 15) is 9.59 Å². The second-order valence-electron chi connectivity index (χ2n) is 7.13. The van der Waals surface area contributed by atoms with E-state index in [0.29, 0.717) is 5.56 Å². The first-order valence-electron chi connectivity index (χ1n) is 8.29. The summed E-state index contributed by atoms with van der Waals surface area (Å²) < 4.78 is -0.161. The lowest BCUT2D eigenvalue weighted by Crippen LogP contribution is -2.41.